The highest BCUT2D eigenvalue weighted by Gasteiger charge is 2.51. The second kappa shape index (κ2) is 14.8. The Morgan fingerprint density at radius 2 is 1.29 bits per heavy atom. The molecule has 2 heterocycles. The number of aromatic nitrogens is 2. The molecule has 1 saturated carbocycles. The Morgan fingerprint density at radius 3 is 1.91 bits per heavy atom. The molecule has 290 valence electrons. The number of benzene rings is 6. The van der Waals surface area contributed by atoms with E-state index in [4.69, 9.17) is 9.40 Å². The zero-order valence-electron chi connectivity index (χ0n) is 35.2. The van der Waals surface area contributed by atoms with E-state index in [0.717, 1.165) is 28.1 Å². The van der Waals surface area contributed by atoms with Crippen molar-refractivity contribution >= 4 is 11.0 Å². The summed E-state index contributed by atoms with van der Waals surface area (Å²) in [5.74, 6) is 3.23. The van der Waals surface area contributed by atoms with Gasteiger partial charge in [-0.15, -0.1) is 0 Å². The van der Waals surface area contributed by atoms with E-state index in [0.29, 0.717) is 17.8 Å². The van der Waals surface area contributed by atoms with Gasteiger partial charge in [-0.25, -0.2) is 4.98 Å². The quantitative estimate of drug-likeness (QED) is 0.139. The first-order valence-corrected chi connectivity index (χ1v) is 21.2. The van der Waals surface area contributed by atoms with Crippen LogP contribution >= 0.6 is 0 Å². The maximum absolute atomic E-state index is 6.25. The second-order valence-corrected chi connectivity index (χ2v) is 17.5. The van der Waals surface area contributed by atoms with E-state index in [9.17, 15) is 0 Å². The molecule has 3 nitrogen and oxygen atoms in total. The second-order valence-electron chi connectivity index (χ2n) is 17.5. The average molecular weight is 759 g/mol. The molecular weight excluding hydrogens is 705 g/mol. The number of imidazole rings is 1. The highest BCUT2D eigenvalue weighted by Crippen LogP contribution is 2.58. The minimum Gasteiger partial charge on any atom is -0.456 e. The molecule has 8 aromatic rings. The maximum Gasteiger partial charge on any atom is 0.144 e. The van der Waals surface area contributed by atoms with Crippen LogP contribution in [0.3, 0.4) is 0 Å². The highest BCUT2D eigenvalue weighted by molar-refractivity contribution is 5.89. The molecule has 1 fully saturated rings. The largest absolute Gasteiger partial charge is 0.456 e. The number of nitrogens with zero attached hydrogens (tertiary/aromatic N) is 2. The van der Waals surface area contributed by atoms with Gasteiger partial charge in [-0.3, -0.25) is 4.57 Å². The van der Waals surface area contributed by atoms with E-state index in [2.05, 4.69) is 187 Å². The molecule has 2 atom stereocenters. The fourth-order valence-electron chi connectivity index (χ4n) is 9.63. The molecule has 0 aliphatic heterocycles. The predicted molar refractivity (Wildman–Crippen MR) is 244 cm³/mol. The summed E-state index contributed by atoms with van der Waals surface area (Å²) in [7, 11) is 0. The lowest BCUT2D eigenvalue weighted by atomic mass is 9.85. The predicted octanol–water partition coefficient (Wildman–Crippen LogP) is 15.5. The van der Waals surface area contributed by atoms with Gasteiger partial charge in [0.15, 0.2) is 0 Å². The summed E-state index contributed by atoms with van der Waals surface area (Å²) in [4.78, 5) is 5.23. The third-order valence-electron chi connectivity index (χ3n) is 12.9. The van der Waals surface area contributed by atoms with Crippen molar-refractivity contribution in [2.45, 2.75) is 85.5 Å². The van der Waals surface area contributed by atoms with Gasteiger partial charge in [0, 0.05) is 28.9 Å². The first-order valence-electron chi connectivity index (χ1n) is 21.2. The highest BCUT2D eigenvalue weighted by atomic mass is 16.3. The summed E-state index contributed by atoms with van der Waals surface area (Å²) in [6.45, 7) is 18.6. The van der Waals surface area contributed by atoms with Crippen molar-refractivity contribution in [1.29, 1.82) is 0 Å². The molecule has 2 aromatic heterocycles. The first-order chi connectivity index (χ1) is 28.0. The van der Waals surface area contributed by atoms with Gasteiger partial charge in [0.05, 0.1) is 5.69 Å². The van der Waals surface area contributed by atoms with Crippen molar-refractivity contribution in [3.63, 3.8) is 0 Å². The SMILES string of the molecule is CC[C@H]1CC1(C)c1ccc(-c2c(C)cc(-c3ccc4oc(-c5ccccc5)cc4c3)cc2C)cc1-c1nccn1-c1c(C(C)C)cc(-c2ccccc2)cc1C(C)C. The monoisotopic (exact) mass is 758 g/mol. The third kappa shape index (κ3) is 6.61. The van der Waals surface area contributed by atoms with E-state index in [1.165, 1.54) is 85.3 Å². The molecule has 0 bridgehead atoms. The number of hydrogen-bond acceptors (Lipinski definition) is 2. The third-order valence-corrected chi connectivity index (χ3v) is 12.9. The summed E-state index contributed by atoms with van der Waals surface area (Å²) in [5, 5.41) is 1.11. The number of furan rings is 1. The van der Waals surface area contributed by atoms with Gasteiger partial charge < -0.3 is 4.42 Å². The standard InChI is InChI=1S/C55H54N2O/c1-9-45-33-55(45,8)49-22-20-41(52-36(6)26-42(27-37(52)7)40-21-23-50-44(28-40)32-51(58-50)39-18-14-11-15-19-39)29-48(49)54-56-24-25-57(54)53-46(34(2)3)30-43(31-47(53)35(4)5)38-16-12-10-13-17-38/h10-32,34-35,45H,9,33H2,1-8H3/t45-,55?/m0/s1. The van der Waals surface area contributed by atoms with Gasteiger partial charge in [-0.1, -0.05) is 139 Å². The molecule has 0 saturated heterocycles. The van der Waals surface area contributed by atoms with Gasteiger partial charge >= 0.3 is 0 Å². The van der Waals surface area contributed by atoms with E-state index >= 15 is 0 Å². The number of aryl methyl sites for hydroxylation is 2. The molecule has 0 N–H and O–H groups in total. The van der Waals surface area contributed by atoms with Crippen molar-refractivity contribution in [3.05, 3.63) is 168 Å². The van der Waals surface area contributed by atoms with E-state index in [1.54, 1.807) is 0 Å². The summed E-state index contributed by atoms with van der Waals surface area (Å²) < 4.78 is 8.66. The van der Waals surface area contributed by atoms with E-state index in [-0.39, 0.29) is 5.41 Å². The average Bonchev–Trinajstić information content (AvgIpc) is 3.52. The van der Waals surface area contributed by atoms with Crippen LogP contribution in [0.25, 0.3) is 72.7 Å². The zero-order valence-corrected chi connectivity index (χ0v) is 35.2. The van der Waals surface area contributed by atoms with Gasteiger partial charge in [0.2, 0.25) is 0 Å². The Labute approximate surface area is 344 Å². The molecule has 3 heteroatoms. The Hall–Kier alpha value is -5.93. The molecule has 1 unspecified atom stereocenters. The minimum atomic E-state index is 0.123. The van der Waals surface area contributed by atoms with Crippen LogP contribution in [0.1, 0.15) is 94.0 Å². The zero-order chi connectivity index (χ0) is 40.3. The first kappa shape index (κ1) is 37.6. The van der Waals surface area contributed by atoms with Crippen LogP contribution in [0.5, 0.6) is 0 Å². The van der Waals surface area contributed by atoms with Crippen LogP contribution in [0, 0.1) is 19.8 Å². The van der Waals surface area contributed by atoms with Gasteiger partial charge in [-0.2, -0.15) is 0 Å². The molecule has 0 spiro atoms. The molecule has 0 amide bonds. The number of hydrogen-bond donors (Lipinski definition) is 0. The van der Waals surface area contributed by atoms with Gasteiger partial charge in [0.1, 0.15) is 17.2 Å². The molecule has 1 aliphatic carbocycles. The Kier molecular flexibility index (Phi) is 9.59. The lowest BCUT2D eigenvalue weighted by Crippen LogP contribution is -2.12. The Bertz CT molecular complexity index is 2730. The molecule has 9 rings (SSSR count). The maximum atomic E-state index is 6.25. The summed E-state index contributed by atoms with van der Waals surface area (Å²) >= 11 is 0. The Balaban J connectivity index is 1.16. The normalized spacial score (nSPS) is 16.5. The van der Waals surface area contributed by atoms with Crippen molar-refractivity contribution in [2.24, 2.45) is 5.92 Å². The van der Waals surface area contributed by atoms with E-state index < -0.39 is 0 Å². The lowest BCUT2D eigenvalue weighted by Gasteiger charge is -2.25. The Morgan fingerprint density at radius 1 is 0.672 bits per heavy atom. The molecule has 58 heavy (non-hydrogen) atoms. The summed E-state index contributed by atoms with van der Waals surface area (Å²) in [6, 6.07) is 46.6. The van der Waals surface area contributed by atoms with Gasteiger partial charge in [-0.05, 0) is 141 Å². The number of rotatable bonds is 10. The fourth-order valence-corrected chi connectivity index (χ4v) is 9.63. The number of fused-ring (bicyclic) bond motifs is 1. The van der Waals surface area contributed by atoms with Gasteiger partial charge in [0.25, 0.3) is 0 Å². The lowest BCUT2D eigenvalue weighted by molar-refractivity contribution is 0.631. The van der Waals surface area contributed by atoms with Crippen LogP contribution in [0.15, 0.2) is 144 Å². The molecule has 0 radical (unpaired) electrons. The van der Waals surface area contributed by atoms with Crippen LogP contribution in [-0.4, -0.2) is 9.55 Å². The molecular formula is C55H54N2O. The van der Waals surface area contributed by atoms with Crippen molar-refractivity contribution in [1.82, 2.24) is 9.55 Å². The van der Waals surface area contributed by atoms with Crippen molar-refractivity contribution in [2.75, 3.05) is 0 Å². The summed E-state index contributed by atoms with van der Waals surface area (Å²) in [5.41, 5.74) is 18.7. The topological polar surface area (TPSA) is 31.0 Å². The smallest absolute Gasteiger partial charge is 0.144 e. The fraction of sp³-hybridized carbons (Fsp3) is 0.255. The van der Waals surface area contributed by atoms with Crippen molar-refractivity contribution in [3.8, 4) is 61.8 Å². The molecule has 6 aromatic carbocycles. The summed E-state index contributed by atoms with van der Waals surface area (Å²) in [6.07, 6.45) is 6.58. The van der Waals surface area contributed by atoms with E-state index in [1.807, 2.05) is 12.3 Å². The van der Waals surface area contributed by atoms with Crippen LogP contribution in [0.2, 0.25) is 0 Å². The van der Waals surface area contributed by atoms with Crippen molar-refractivity contribution < 1.29 is 4.42 Å². The minimum absolute atomic E-state index is 0.123. The van der Waals surface area contributed by atoms with Crippen LogP contribution in [-0.2, 0) is 5.41 Å². The van der Waals surface area contributed by atoms with Crippen LogP contribution < -0.4 is 0 Å². The molecule has 1 aliphatic rings. The van der Waals surface area contributed by atoms with Crippen LogP contribution in [0.4, 0.5) is 0 Å².